The van der Waals surface area contributed by atoms with Gasteiger partial charge in [-0.1, -0.05) is 55.4 Å². The Balaban J connectivity index is 0.00000288. The van der Waals surface area contributed by atoms with Crippen LogP contribution in [0.1, 0.15) is 141 Å². The van der Waals surface area contributed by atoms with Crippen LogP contribution in [-0.4, -0.2) is 36.7 Å². The molecule has 6 heteroatoms. The lowest BCUT2D eigenvalue weighted by molar-refractivity contribution is -0.192. The molecule has 0 aromatic rings. The minimum Gasteiger partial charge on any atom is -0.465 e. The summed E-state index contributed by atoms with van der Waals surface area (Å²) in [6, 6.07) is 0. The Morgan fingerprint density at radius 2 is 1.67 bits per heavy atom. The lowest BCUT2D eigenvalue weighted by atomic mass is 9.38. The molecule has 0 N–H and O–H groups in total. The van der Waals surface area contributed by atoms with E-state index in [9.17, 15) is 19.2 Å². The first-order chi connectivity index (χ1) is 20.6. The summed E-state index contributed by atoms with van der Waals surface area (Å²) in [7, 11) is 0. The van der Waals surface area contributed by atoms with E-state index >= 15 is 0 Å². The number of unbranched alkanes of at least 4 members (excludes halogenated alkanes) is 1. The quantitative estimate of drug-likeness (QED) is 0.144. The molecule has 0 bridgehead atoms. The van der Waals surface area contributed by atoms with E-state index in [0.29, 0.717) is 36.7 Å². The average Bonchev–Trinajstić information content (AvgIpc) is 3.27. The summed E-state index contributed by atoms with van der Waals surface area (Å²) in [5.41, 5.74) is 1.09. The Morgan fingerprint density at radius 3 is 2.31 bits per heavy atom. The molecular weight excluding hydrogens is 564 g/mol. The molecule has 0 saturated heterocycles. The molecule has 5 aliphatic carbocycles. The average molecular weight is 629 g/mol. The molecule has 0 spiro atoms. The van der Waals surface area contributed by atoms with Gasteiger partial charge in [0.15, 0.2) is 5.78 Å². The molecule has 45 heavy (non-hydrogen) atoms. The Kier molecular flexibility index (Phi) is 10.3. The summed E-state index contributed by atoms with van der Waals surface area (Å²) in [6.07, 6.45) is 11.4. The summed E-state index contributed by atoms with van der Waals surface area (Å²) in [4.78, 5) is 51.6. The number of carbonyl (C=O) groups excluding carboxylic acids is 4. The maximum absolute atomic E-state index is 13.3. The minimum absolute atomic E-state index is 0. The Hall–Kier alpha value is -1.98. The van der Waals surface area contributed by atoms with Crippen molar-refractivity contribution in [2.45, 2.75) is 146 Å². The van der Waals surface area contributed by atoms with Crippen molar-refractivity contribution in [2.75, 3.05) is 6.61 Å². The molecule has 9 unspecified atom stereocenters. The molecule has 6 nitrogen and oxygen atoms in total. The number of rotatable bonds is 9. The third-order valence-electron chi connectivity index (χ3n) is 13.6. The van der Waals surface area contributed by atoms with Gasteiger partial charge in [0.2, 0.25) is 0 Å². The van der Waals surface area contributed by atoms with Crippen LogP contribution in [0.15, 0.2) is 11.1 Å². The van der Waals surface area contributed by atoms with E-state index < -0.39 is 10.8 Å². The smallest absolute Gasteiger partial charge is 0.312 e. The molecule has 0 aliphatic heterocycles. The van der Waals surface area contributed by atoms with Gasteiger partial charge in [0, 0.05) is 7.85 Å². The maximum Gasteiger partial charge on any atom is 0.312 e. The molecule has 4 saturated carbocycles. The van der Waals surface area contributed by atoms with Gasteiger partial charge in [-0.15, -0.1) is 0 Å². The van der Waals surface area contributed by atoms with E-state index in [2.05, 4.69) is 41.5 Å². The third kappa shape index (κ3) is 5.88. The summed E-state index contributed by atoms with van der Waals surface area (Å²) in [5, 5.41) is 0. The summed E-state index contributed by atoms with van der Waals surface area (Å²) >= 11 is 0. The van der Waals surface area contributed by atoms with Gasteiger partial charge in [-0.2, -0.15) is 0 Å². The van der Waals surface area contributed by atoms with Crippen LogP contribution in [0.4, 0.5) is 0 Å². The molecule has 256 valence electrons. The van der Waals surface area contributed by atoms with E-state index in [1.54, 1.807) is 13.8 Å². The molecule has 9 atom stereocenters. The molecule has 0 aromatic heterocycles. The molecule has 5 rings (SSSR count). The number of hydrogen-bond donors (Lipinski definition) is 0. The molecular formula is C39H64O6. The zero-order valence-corrected chi connectivity index (χ0v) is 28.8. The molecule has 4 fully saturated rings. The lowest BCUT2D eigenvalue weighted by Gasteiger charge is -2.67. The van der Waals surface area contributed by atoms with Crippen molar-refractivity contribution in [2.24, 2.45) is 57.2 Å². The number of ether oxygens (including phenoxy) is 2. The third-order valence-corrected chi connectivity index (χ3v) is 13.6. The predicted octanol–water partition coefficient (Wildman–Crippen LogP) is 8.94. The number of allylic oxidation sites excluding steroid dienone is 2. The van der Waals surface area contributed by atoms with Crippen molar-refractivity contribution >= 4 is 24.0 Å². The Morgan fingerprint density at radius 1 is 1.02 bits per heavy atom. The van der Waals surface area contributed by atoms with Crippen molar-refractivity contribution < 1.29 is 30.1 Å². The summed E-state index contributed by atoms with van der Waals surface area (Å²) in [6.45, 7) is 17.6. The lowest BCUT2D eigenvalue weighted by Crippen LogP contribution is -2.60. The minimum atomic E-state index is -0.904. The number of Topliss-reactive ketones (excluding diaryl/α,β-unsaturated/α-hetero) is 1. The molecule has 0 aromatic carbocycles. The monoisotopic (exact) mass is 628 g/mol. The van der Waals surface area contributed by atoms with Crippen molar-refractivity contribution in [1.82, 2.24) is 0 Å². The molecule has 0 heterocycles. The van der Waals surface area contributed by atoms with Gasteiger partial charge in [-0.05, 0) is 129 Å². The second kappa shape index (κ2) is 12.9. The first-order valence-corrected chi connectivity index (χ1v) is 17.8. The highest BCUT2D eigenvalue weighted by molar-refractivity contribution is 6.03. The second-order valence-electron chi connectivity index (χ2n) is 16.9. The number of carbonyl (C=O) groups is 4. The van der Waals surface area contributed by atoms with E-state index in [4.69, 9.17) is 9.47 Å². The topological polar surface area (TPSA) is 86.7 Å². The first kappa shape index (κ1) is 35.9. The highest BCUT2D eigenvalue weighted by Crippen LogP contribution is 2.71. The van der Waals surface area contributed by atoms with Gasteiger partial charge in [0.05, 0.1) is 23.9 Å². The van der Waals surface area contributed by atoms with Crippen LogP contribution >= 0.6 is 0 Å². The molecule has 0 radical (unpaired) electrons. The van der Waals surface area contributed by atoms with Crippen LogP contribution in [0, 0.1) is 57.2 Å². The van der Waals surface area contributed by atoms with E-state index in [0.717, 1.165) is 76.1 Å². The standard InChI is InChI=1S/C38H58O6.CH4.H2/c1-9-10-19-43-34(42)35(5,6)21-31(41)44-29-15-17-36(7)26(24(29)4)13-16-37(8)27-14-18-38(22-39)20-28(40)32(23(2)3)33(38)25(27)11-12-30(36)37;;/h22-27,29-30H,9-21H2,1-8H3;1H4;1H. The Labute approximate surface area is 274 Å². The SMILES string of the molecule is C.CCCCOC(=O)C(C)(C)CC(=O)OC1CCC2(C)C(CCC3(C)C4CCC5(C=O)CC(=O)C(C(C)C)=C5C4CCC32)C1C.[HH]. The van der Waals surface area contributed by atoms with Crippen LogP contribution in [-0.2, 0) is 28.7 Å². The predicted molar refractivity (Wildman–Crippen MR) is 179 cm³/mol. The van der Waals surface area contributed by atoms with Gasteiger partial charge in [0.1, 0.15) is 12.4 Å². The Bertz CT molecular complexity index is 1200. The fourth-order valence-electron chi connectivity index (χ4n) is 11.4. The van der Waals surface area contributed by atoms with Crippen LogP contribution in [0.5, 0.6) is 0 Å². The van der Waals surface area contributed by atoms with Gasteiger partial charge < -0.3 is 14.3 Å². The number of aldehydes is 1. The number of hydrogen-bond acceptors (Lipinski definition) is 6. The fraction of sp³-hybridized carbons (Fsp3) is 0.846. The number of fused-ring (bicyclic) bond motifs is 7. The zero-order valence-electron chi connectivity index (χ0n) is 28.8. The van der Waals surface area contributed by atoms with Crippen molar-refractivity contribution in [3.8, 4) is 0 Å². The van der Waals surface area contributed by atoms with E-state index in [1.807, 2.05) is 0 Å². The number of ketones is 1. The summed E-state index contributed by atoms with van der Waals surface area (Å²) in [5.74, 6) is 1.90. The fourth-order valence-corrected chi connectivity index (χ4v) is 11.4. The van der Waals surface area contributed by atoms with Crippen LogP contribution in [0.2, 0.25) is 0 Å². The van der Waals surface area contributed by atoms with Gasteiger partial charge in [0.25, 0.3) is 0 Å². The summed E-state index contributed by atoms with van der Waals surface area (Å²) < 4.78 is 11.6. The van der Waals surface area contributed by atoms with Crippen LogP contribution in [0.3, 0.4) is 0 Å². The highest BCUT2D eigenvalue weighted by Gasteiger charge is 2.65. The van der Waals surface area contributed by atoms with Crippen LogP contribution < -0.4 is 0 Å². The van der Waals surface area contributed by atoms with Crippen molar-refractivity contribution in [3.63, 3.8) is 0 Å². The normalized spacial score (nSPS) is 39.2. The van der Waals surface area contributed by atoms with Crippen molar-refractivity contribution in [3.05, 3.63) is 11.1 Å². The highest BCUT2D eigenvalue weighted by atomic mass is 16.5. The van der Waals surface area contributed by atoms with E-state index in [-0.39, 0.29) is 61.8 Å². The first-order valence-electron chi connectivity index (χ1n) is 17.8. The zero-order chi connectivity index (χ0) is 32.2. The molecule has 5 aliphatic rings. The van der Waals surface area contributed by atoms with Gasteiger partial charge >= 0.3 is 11.9 Å². The number of esters is 2. The van der Waals surface area contributed by atoms with Crippen molar-refractivity contribution in [1.29, 1.82) is 0 Å². The van der Waals surface area contributed by atoms with Gasteiger partial charge in [-0.25, -0.2) is 0 Å². The van der Waals surface area contributed by atoms with E-state index in [1.165, 1.54) is 5.57 Å². The van der Waals surface area contributed by atoms with Gasteiger partial charge in [-0.3, -0.25) is 14.4 Å². The molecule has 0 amide bonds. The largest absolute Gasteiger partial charge is 0.465 e. The van der Waals surface area contributed by atoms with Crippen LogP contribution in [0.25, 0.3) is 0 Å². The second-order valence-corrected chi connectivity index (χ2v) is 16.9. The maximum atomic E-state index is 13.3.